The maximum Gasteiger partial charge on any atom is 0.227 e. The van der Waals surface area contributed by atoms with Crippen LogP contribution in [0, 0.1) is 12.3 Å². The summed E-state index contributed by atoms with van der Waals surface area (Å²) >= 11 is 0. The Hall–Kier alpha value is -1.35. The minimum Gasteiger partial charge on any atom is -0.349 e. The summed E-state index contributed by atoms with van der Waals surface area (Å²) in [5, 5.41) is 6.49. The zero-order valence-electron chi connectivity index (χ0n) is 12.1. The Morgan fingerprint density at radius 1 is 1.42 bits per heavy atom. The minimum atomic E-state index is -0.269. The predicted molar refractivity (Wildman–Crippen MR) is 77.9 cm³/mol. The van der Waals surface area contributed by atoms with Gasteiger partial charge in [0.1, 0.15) is 0 Å². The van der Waals surface area contributed by atoms with Gasteiger partial charge in [0.2, 0.25) is 5.91 Å². The van der Waals surface area contributed by atoms with Crippen molar-refractivity contribution in [3.63, 3.8) is 0 Å². The highest BCUT2D eigenvalue weighted by Crippen LogP contribution is 2.27. The maximum absolute atomic E-state index is 12.5. The van der Waals surface area contributed by atoms with Crippen molar-refractivity contribution in [1.82, 2.24) is 10.6 Å². The molecule has 104 valence electrons. The molecule has 19 heavy (non-hydrogen) atoms. The van der Waals surface area contributed by atoms with Gasteiger partial charge in [-0.2, -0.15) is 0 Å². The highest BCUT2D eigenvalue weighted by Gasteiger charge is 2.35. The Labute approximate surface area is 115 Å². The van der Waals surface area contributed by atoms with E-state index in [0.717, 1.165) is 25.9 Å². The predicted octanol–water partition coefficient (Wildman–Crippen LogP) is 2.56. The van der Waals surface area contributed by atoms with Crippen LogP contribution in [0.4, 0.5) is 0 Å². The number of rotatable bonds is 3. The van der Waals surface area contributed by atoms with Crippen LogP contribution < -0.4 is 10.6 Å². The first-order valence-corrected chi connectivity index (χ1v) is 7.10. The number of benzene rings is 1. The van der Waals surface area contributed by atoms with Crippen molar-refractivity contribution in [2.75, 3.05) is 13.1 Å². The molecule has 3 heteroatoms. The molecule has 2 rings (SSSR count). The van der Waals surface area contributed by atoms with E-state index in [1.54, 1.807) is 0 Å². The average molecular weight is 260 g/mol. The topological polar surface area (TPSA) is 41.1 Å². The molecule has 2 unspecified atom stereocenters. The van der Waals surface area contributed by atoms with Crippen LogP contribution in [-0.4, -0.2) is 19.0 Å². The van der Waals surface area contributed by atoms with E-state index < -0.39 is 0 Å². The largest absolute Gasteiger partial charge is 0.349 e. The Kier molecular flexibility index (Phi) is 4.25. The fourth-order valence-electron chi connectivity index (χ4n) is 2.77. The van der Waals surface area contributed by atoms with E-state index in [0.29, 0.717) is 0 Å². The van der Waals surface area contributed by atoms with Crippen LogP contribution in [0.5, 0.6) is 0 Å². The summed E-state index contributed by atoms with van der Waals surface area (Å²) in [5.74, 6) is 0.162. The number of carbonyl (C=O) groups is 1. The van der Waals surface area contributed by atoms with E-state index in [1.807, 2.05) is 12.1 Å². The van der Waals surface area contributed by atoms with E-state index in [-0.39, 0.29) is 17.4 Å². The number of amides is 1. The highest BCUT2D eigenvalue weighted by molar-refractivity contribution is 5.83. The smallest absolute Gasteiger partial charge is 0.227 e. The molecule has 1 fully saturated rings. The van der Waals surface area contributed by atoms with Gasteiger partial charge < -0.3 is 10.6 Å². The first kappa shape index (κ1) is 14.1. The van der Waals surface area contributed by atoms with E-state index >= 15 is 0 Å². The molecular formula is C16H24N2O. The van der Waals surface area contributed by atoms with Crippen molar-refractivity contribution >= 4 is 5.91 Å². The number of hydrogen-bond donors (Lipinski definition) is 2. The molecule has 0 radical (unpaired) electrons. The molecule has 0 aromatic heterocycles. The van der Waals surface area contributed by atoms with Gasteiger partial charge in [0.25, 0.3) is 0 Å². The van der Waals surface area contributed by atoms with Gasteiger partial charge in [0, 0.05) is 6.54 Å². The number of carbonyl (C=O) groups excluding carboxylic acids is 1. The average Bonchev–Trinajstić information content (AvgIpc) is 2.40. The second kappa shape index (κ2) is 5.74. The molecular weight excluding hydrogens is 236 g/mol. The van der Waals surface area contributed by atoms with Gasteiger partial charge in [-0.3, -0.25) is 4.79 Å². The maximum atomic E-state index is 12.5. The number of aryl methyl sites for hydroxylation is 1. The molecule has 0 bridgehead atoms. The van der Waals surface area contributed by atoms with Crippen molar-refractivity contribution in [2.45, 2.75) is 39.7 Å². The Morgan fingerprint density at radius 2 is 2.16 bits per heavy atom. The molecule has 2 N–H and O–H groups in total. The van der Waals surface area contributed by atoms with Crippen LogP contribution in [0.15, 0.2) is 24.3 Å². The lowest BCUT2D eigenvalue weighted by Crippen LogP contribution is -2.49. The SMILES string of the molecule is Cc1ccccc1C(C)NC(=O)C1(C)CCCNC1. The Balaban J connectivity index is 2.04. The molecule has 3 nitrogen and oxygen atoms in total. The summed E-state index contributed by atoms with van der Waals surface area (Å²) in [6.45, 7) is 8.00. The third-order valence-corrected chi connectivity index (χ3v) is 4.15. The van der Waals surface area contributed by atoms with Gasteiger partial charge in [-0.25, -0.2) is 0 Å². The molecule has 0 aliphatic carbocycles. The number of hydrogen-bond acceptors (Lipinski definition) is 2. The van der Waals surface area contributed by atoms with Crippen LogP contribution in [0.2, 0.25) is 0 Å². The molecule has 1 aliphatic rings. The van der Waals surface area contributed by atoms with Gasteiger partial charge in [0.05, 0.1) is 11.5 Å². The van der Waals surface area contributed by atoms with E-state index in [4.69, 9.17) is 0 Å². The van der Waals surface area contributed by atoms with Crippen LogP contribution in [-0.2, 0) is 4.79 Å². The minimum absolute atomic E-state index is 0.0625. The standard InChI is InChI=1S/C16H24N2O/c1-12-7-4-5-8-14(12)13(2)18-15(19)16(3)9-6-10-17-11-16/h4-5,7-8,13,17H,6,9-11H2,1-3H3,(H,18,19). The van der Waals surface area contributed by atoms with E-state index in [9.17, 15) is 4.79 Å². The van der Waals surface area contributed by atoms with E-state index in [1.165, 1.54) is 11.1 Å². The quantitative estimate of drug-likeness (QED) is 0.877. The van der Waals surface area contributed by atoms with Crippen molar-refractivity contribution in [3.05, 3.63) is 35.4 Å². The molecule has 1 amide bonds. The van der Waals surface area contributed by atoms with Gasteiger partial charge in [0.15, 0.2) is 0 Å². The van der Waals surface area contributed by atoms with Crippen molar-refractivity contribution in [1.29, 1.82) is 0 Å². The molecule has 1 heterocycles. The fraction of sp³-hybridized carbons (Fsp3) is 0.562. The monoisotopic (exact) mass is 260 g/mol. The lowest BCUT2D eigenvalue weighted by molar-refractivity contribution is -0.131. The van der Waals surface area contributed by atoms with Crippen LogP contribution in [0.25, 0.3) is 0 Å². The molecule has 1 aromatic rings. The molecule has 1 saturated heterocycles. The molecule has 2 atom stereocenters. The zero-order valence-corrected chi connectivity index (χ0v) is 12.1. The lowest BCUT2D eigenvalue weighted by atomic mass is 9.81. The summed E-state index contributed by atoms with van der Waals surface area (Å²) in [7, 11) is 0. The number of nitrogens with one attached hydrogen (secondary N) is 2. The Bertz CT molecular complexity index is 450. The first-order chi connectivity index (χ1) is 9.03. The van der Waals surface area contributed by atoms with E-state index in [2.05, 4.69) is 43.5 Å². The highest BCUT2D eigenvalue weighted by atomic mass is 16.2. The fourth-order valence-corrected chi connectivity index (χ4v) is 2.77. The van der Waals surface area contributed by atoms with Gasteiger partial charge >= 0.3 is 0 Å². The normalized spacial score (nSPS) is 24.8. The van der Waals surface area contributed by atoms with Crippen LogP contribution in [0.3, 0.4) is 0 Å². The van der Waals surface area contributed by atoms with Gasteiger partial charge in [-0.1, -0.05) is 24.3 Å². The molecule has 1 aliphatic heterocycles. The second-order valence-electron chi connectivity index (χ2n) is 5.89. The van der Waals surface area contributed by atoms with Gasteiger partial charge in [-0.05, 0) is 51.3 Å². The number of piperidine rings is 1. The summed E-state index contributed by atoms with van der Waals surface area (Å²) in [6, 6.07) is 8.28. The third kappa shape index (κ3) is 3.16. The summed E-state index contributed by atoms with van der Waals surface area (Å²) < 4.78 is 0. The van der Waals surface area contributed by atoms with Crippen molar-refractivity contribution in [2.24, 2.45) is 5.41 Å². The second-order valence-corrected chi connectivity index (χ2v) is 5.89. The lowest BCUT2D eigenvalue weighted by Gasteiger charge is -2.34. The summed E-state index contributed by atoms with van der Waals surface area (Å²) in [4.78, 5) is 12.5. The molecule has 1 aromatic carbocycles. The van der Waals surface area contributed by atoms with Crippen molar-refractivity contribution in [3.8, 4) is 0 Å². The van der Waals surface area contributed by atoms with Crippen LogP contribution in [0.1, 0.15) is 43.9 Å². The third-order valence-electron chi connectivity index (χ3n) is 4.15. The summed E-state index contributed by atoms with van der Waals surface area (Å²) in [6.07, 6.45) is 2.04. The van der Waals surface area contributed by atoms with Gasteiger partial charge in [-0.15, -0.1) is 0 Å². The van der Waals surface area contributed by atoms with Crippen molar-refractivity contribution < 1.29 is 4.79 Å². The molecule has 0 saturated carbocycles. The molecule has 0 spiro atoms. The summed E-state index contributed by atoms with van der Waals surface area (Å²) in [5.41, 5.74) is 2.15. The van der Waals surface area contributed by atoms with Crippen LogP contribution >= 0.6 is 0 Å². The Morgan fingerprint density at radius 3 is 2.79 bits per heavy atom. The zero-order chi connectivity index (χ0) is 13.9. The first-order valence-electron chi connectivity index (χ1n) is 7.10.